The van der Waals surface area contributed by atoms with Crippen molar-refractivity contribution in [1.29, 1.82) is 0 Å². The molecular formula is C13H24N2. The molecule has 86 valence electrons. The summed E-state index contributed by atoms with van der Waals surface area (Å²) in [6.07, 6.45) is 2.92. The number of hydrogen-bond donors (Lipinski definition) is 1. The fourth-order valence-corrected chi connectivity index (χ4v) is 2.06. The summed E-state index contributed by atoms with van der Waals surface area (Å²) in [5, 5.41) is 3.32. The second kappa shape index (κ2) is 4.67. The number of hydrogen-bond acceptors (Lipinski definition) is 2. The van der Waals surface area contributed by atoms with Gasteiger partial charge in [-0.1, -0.05) is 5.57 Å². The molecule has 0 aromatic heterocycles. The van der Waals surface area contributed by atoms with Crippen molar-refractivity contribution < 1.29 is 0 Å². The SMILES string of the molecule is CC(CN(CC1CC1)C(C)C)=C1CNC1. The van der Waals surface area contributed by atoms with Crippen LogP contribution >= 0.6 is 0 Å². The Balaban J connectivity index is 1.86. The first-order valence-electron chi connectivity index (χ1n) is 6.29. The van der Waals surface area contributed by atoms with E-state index in [1.807, 2.05) is 0 Å². The van der Waals surface area contributed by atoms with Crippen LogP contribution in [-0.2, 0) is 0 Å². The zero-order valence-corrected chi connectivity index (χ0v) is 10.3. The van der Waals surface area contributed by atoms with Gasteiger partial charge in [0.15, 0.2) is 0 Å². The Morgan fingerprint density at radius 2 is 2.07 bits per heavy atom. The van der Waals surface area contributed by atoms with Crippen LogP contribution in [0.2, 0.25) is 0 Å². The first kappa shape index (κ1) is 11.2. The molecule has 0 unspecified atom stereocenters. The lowest BCUT2D eigenvalue weighted by Crippen LogP contribution is -2.39. The van der Waals surface area contributed by atoms with Crippen LogP contribution in [-0.4, -0.2) is 37.1 Å². The van der Waals surface area contributed by atoms with Crippen molar-refractivity contribution >= 4 is 0 Å². The molecule has 1 aliphatic heterocycles. The standard InChI is InChI=1S/C13H24N2/c1-10(2)15(9-12-4-5-12)8-11(3)13-6-14-7-13/h10,12,14H,4-9H2,1-3H3. The summed E-state index contributed by atoms with van der Waals surface area (Å²) in [5.41, 5.74) is 3.24. The van der Waals surface area contributed by atoms with Crippen LogP contribution in [0.3, 0.4) is 0 Å². The number of nitrogens with one attached hydrogen (secondary N) is 1. The Morgan fingerprint density at radius 1 is 1.40 bits per heavy atom. The molecule has 1 N–H and O–H groups in total. The summed E-state index contributed by atoms with van der Waals surface area (Å²) in [7, 11) is 0. The second-order valence-corrected chi connectivity index (χ2v) is 5.45. The molecular weight excluding hydrogens is 184 g/mol. The van der Waals surface area contributed by atoms with Gasteiger partial charge in [-0.2, -0.15) is 0 Å². The van der Waals surface area contributed by atoms with Gasteiger partial charge in [0.05, 0.1) is 0 Å². The third kappa shape index (κ3) is 3.05. The largest absolute Gasteiger partial charge is 0.309 e. The van der Waals surface area contributed by atoms with Crippen molar-refractivity contribution in [2.24, 2.45) is 5.92 Å². The first-order chi connectivity index (χ1) is 7.16. The second-order valence-electron chi connectivity index (χ2n) is 5.45. The van der Waals surface area contributed by atoms with Gasteiger partial charge in [0, 0.05) is 32.2 Å². The summed E-state index contributed by atoms with van der Waals surface area (Å²) in [4.78, 5) is 2.64. The highest BCUT2D eigenvalue weighted by Crippen LogP contribution is 2.30. The van der Waals surface area contributed by atoms with E-state index in [1.54, 1.807) is 11.1 Å². The van der Waals surface area contributed by atoms with Gasteiger partial charge in [-0.05, 0) is 45.1 Å². The van der Waals surface area contributed by atoms with Crippen molar-refractivity contribution in [3.05, 3.63) is 11.1 Å². The zero-order valence-electron chi connectivity index (χ0n) is 10.3. The van der Waals surface area contributed by atoms with E-state index in [2.05, 4.69) is 31.0 Å². The van der Waals surface area contributed by atoms with Gasteiger partial charge in [0.1, 0.15) is 0 Å². The highest BCUT2D eigenvalue weighted by Gasteiger charge is 2.25. The molecule has 1 heterocycles. The lowest BCUT2D eigenvalue weighted by atomic mass is 10.0. The average Bonchev–Trinajstić information content (AvgIpc) is 2.83. The minimum atomic E-state index is 0.689. The van der Waals surface area contributed by atoms with E-state index in [0.717, 1.165) is 19.0 Å². The Hall–Kier alpha value is -0.340. The summed E-state index contributed by atoms with van der Waals surface area (Å²) in [6.45, 7) is 11.7. The summed E-state index contributed by atoms with van der Waals surface area (Å²) >= 11 is 0. The van der Waals surface area contributed by atoms with Crippen LogP contribution in [0.1, 0.15) is 33.6 Å². The molecule has 1 saturated heterocycles. The molecule has 0 atom stereocenters. The Labute approximate surface area is 93.7 Å². The van der Waals surface area contributed by atoms with Crippen LogP contribution in [0.5, 0.6) is 0 Å². The lowest BCUT2D eigenvalue weighted by molar-refractivity contribution is 0.229. The van der Waals surface area contributed by atoms with E-state index in [0.29, 0.717) is 6.04 Å². The van der Waals surface area contributed by atoms with Crippen molar-refractivity contribution in [3.8, 4) is 0 Å². The molecule has 0 radical (unpaired) electrons. The quantitative estimate of drug-likeness (QED) is 0.695. The van der Waals surface area contributed by atoms with Crippen LogP contribution in [0.25, 0.3) is 0 Å². The average molecular weight is 208 g/mol. The van der Waals surface area contributed by atoms with E-state index >= 15 is 0 Å². The van der Waals surface area contributed by atoms with E-state index in [-0.39, 0.29) is 0 Å². The molecule has 1 aliphatic carbocycles. The van der Waals surface area contributed by atoms with Crippen molar-refractivity contribution in [2.75, 3.05) is 26.2 Å². The molecule has 1 saturated carbocycles. The predicted molar refractivity (Wildman–Crippen MR) is 65.0 cm³/mol. The van der Waals surface area contributed by atoms with Crippen molar-refractivity contribution in [3.63, 3.8) is 0 Å². The fourth-order valence-electron chi connectivity index (χ4n) is 2.06. The normalized spacial score (nSPS) is 21.0. The van der Waals surface area contributed by atoms with Crippen molar-refractivity contribution in [2.45, 2.75) is 39.7 Å². The maximum absolute atomic E-state index is 3.32. The molecule has 2 nitrogen and oxygen atoms in total. The third-order valence-corrected chi connectivity index (χ3v) is 3.64. The highest BCUT2D eigenvalue weighted by molar-refractivity contribution is 5.22. The molecule has 2 heteroatoms. The topological polar surface area (TPSA) is 15.3 Å². The molecule has 0 amide bonds. The maximum Gasteiger partial charge on any atom is 0.0196 e. The van der Waals surface area contributed by atoms with Crippen LogP contribution in [0, 0.1) is 5.92 Å². The smallest absolute Gasteiger partial charge is 0.0196 e. The van der Waals surface area contributed by atoms with Gasteiger partial charge < -0.3 is 5.32 Å². The van der Waals surface area contributed by atoms with Gasteiger partial charge in [0.2, 0.25) is 0 Å². The van der Waals surface area contributed by atoms with Gasteiger partial charge in [-0.15, -0.1) is 0 Å². The van der Waals surface area contributed by atoms with E-state index in [1.165, 1.54) is 25.9 Å². The fraction of sp³-hybridized carbons (Fsp3) is 0.846. The van der Waals surface area contributed by atoms with Crippen LogP contribution < -0.4 is 5.32 Å². The maximum atomic E-state index is 3.32. The minimum absolute atomic E-state index is 0.689. The van der Waals surface area contributed by atoms with E-state index in [4.69, 9.17) is 0 Å². The van der Waals surface area contributed by atoms with Gasteiger partial charge in [0.25, 0.3) is 0 Å². The number of nitrogens with zero attached hydrogens (tertiary/aromatic N) is 1. The zero-order chi connectivity index (χ0) is 10.8. The lowest BCUT2D eigenvalue weighted by Gasteiger charge is -2.30. The van der Waals surface area contributed by atoms with Gasteiger partial charge in [-0.3, -0.25) is 4.90 Å². The van der Waals surface area contributed by atoms with Gasteiger partial charge >= 0.3 is 0 Å². The molecule has 15 heavy (non-hydrogen) atoms. The summed E-state index contributed by atoms with van der Waals surface area (Å²) in [5.74, 6) is 1.00. The molecule has 0 spiro atoms. The molecule has 0 aromatic carbocycles. The van der Waals surface area contributed by atoms with Gasteiger partial charge in [-0.25, -0.2) is 0 Å². The van der Waals surface area contributed by atoms with E-state index < -0.39 is 0 Å². The Bertz CT molecular complexity index is 245. The van der Waals surface area contributed by atoms with E-state index in [9.17, 15) is 0 Å². The summed E-state index contributed by atoms with van der Waals surface area (Å²) in [6, 6.07) is 0.689. The molecule has 0 aromatic rings. The monoisotopic (exact) mass is 208 g/mol. The van der Waals surface area contributed by atoms with Crippen molar-refractivity contribution in [1.82, 2.24) is 10.2 Å². The Morgan fingerprint density at radius 3 is 2.47 bits per heavy atom. The molecule has 0 bridgehead atoms. The van der Waals surface area contributed by atoms with Crippen LogP contribution in [0.15, 0.2) is 11.1 Å². The molecule has 2 aliphatic rings. The Kier molecular flexibility index (Phi) is 3.47. The molecule has 2 rings (SSSR count). The number of rotatable bonds is 5. The highest BCUT2D eigenvalue weighted by atomic mass is 15.1. The first-order valence-corrected chi connectivity index (χ1v) is 6.29. The third-order valence-electron chi connectivity index (χ3n) is 3.64. The minimum Gasteiger partial charge on any atom is -0.309 e. The predicted octanol–water partition coefficient (Wildman–Crippen LogP) is 2.03. The van der Waals surface area contributed by atoms with Crippen LogP contribution in [0.4, 0.5) is 0 Å². The molecule has 2 fully saturated rings. The summed E-state index contributed by atoms with van der Waals surface area (Å²) < 4.78 is 0.